The molecule has 0 aliphatic heterocycles. The van der Waals surface area contributed by atoms with Crippen LogP contribution < -0.4 is 25.8 Å². The predicted octanol–water partition coefficient (Wildman–Crippen LogP) is 2.95. The van der Waals surface area contributed by atoms with E-state index in [0.29, 0.717) is 22.9 Å². The van der Waals surface area contributed by atoms with Crippen LogP contribution in [0.3, 0.4) is 0 Å². The predicted molar refractivity (Wildman–Crippen MR) is 111 cm³/mol. The molecule has 0 aliphatic carbocycles. The molecule has 0 saturated carbocycles. The van der Waals surface area contributed by atoms with Crippen molar-refractivity contribution in [2.45, 2.75) is 19.9 Å². The minimum Gasteiger partial charge on any atom is -0.493 e. The zero-order valence-corrected chi connectivity index (χ0v) is 16.9. The Morgan fingerprint density at radius 2 is 1.64 bits per heavy atom. The summed E-state index contributed by atoms with van der Waals surface area (Å²) in [6.45, 7) is 3.55. The van der Waals surface area contributed by atoms with E-state index in [1.54, 1.807) is 37.4 Å². The van der Waals surface area contributed by atoms with E-state index >= 15 is 0 Å². The van der Waals surface area contributed by atoms with Crippen LogP contribution in [0.2, 0.25) is 0 Å². The molecule has 0 radical (unpaired) electrons. The van der Waals surface area contributed by atoms with Crippen molar-refractivity contribution in [1.29, 1.82) is 0 Å². The van der Waals surface area contributed by atoms with Gasteiger partial charge in [0.05, 0.1) is 19.7 Å². The van der Waals surface area contributed by atoms with Crippen molar-refractivity contribution >= 4 is 29.9 Å². The molecular weight excluding hydrogens is 382 g/mol. The van der Waals surface area contributed by atoms with Crippen LogP contribution in [-0.2, 0) is 9.59 Å². The highest BCUT2D eigenvalue weighted by Crippen LogP contribution is 2.31. The third kappa shape index (κ3) is 6.75. The van der Waals surface area contributed by atoms with E-state index in [1.165, 1.54) is 0 Å². The molecular formula is C20H26ClN3O4. The zero-order chi connectivity index (χ0) is 19.8. The van der Waals surface area contributed by atoms with E-state index in [9.17, 15) is 9.59 Å². The average molecular weight is 408 g/mol. The average Bonchev–Trinajstić information content (AvgIpc) is 2.67. The molecule has 4 N–H and O–H groups in total. The Hall–Kier alpha value is -2.77. The maximum atomic E-state index is 12.0. The number of anilines is 1. The monoisotopic (exact) mass is 407 g/mol. The summed E-state index contributed by atoms with van der Waals surface area (Å²) in [5, 5.41) is 5.23. The summed E-state index contributed by atoms with van der Waals surface area (Å²) in [5.41, 5.74) is 6.33. The molecule has 2 rings (SSSR count). The van der Waals surface area contributed by atoms with Crippen LogP contribution in [0, 0.1) is 5.92 Å². The van der Waals surface area contributed by atoms with E-state index in [4.69, 9.17) is 15.2 Å². The van der Waals surface area contributed by atoms with Gasteiger partial charge >= 0.3 is 0 Å². The topological polar surface area (TPSA) is 103 Å². The standard InChI is InChI=1S/C20H25N3O4.ClH/c1-13(2)19(21)20(25)22-12-18(24)23-14-8-10-15(11-9-14)27-17-7-5-4-6-16(17)26-3;/h4-11,13,19H,12,21H2,1-3H3,(H,22,25)(H,23,24);1H/t19-;/m0./s1. The van der Waals surface area contributed by atoms with Gasteiger partial charge in [-0.3, -0.25) is 9.59 Å². The lowest BCUT2D eigenvalue weighted by molar-refractivity contribution is -0.125. The molecule has 28 heavy (non-hydrogen) atoms. The van der Waals surface area contributed by atoms with Crippen LogP contribution in [-0.4, -0.2) is 31.5 Å². The molecule has 152 valence electrons. The smallest absolute Gasteiger partial charge is 0.243 e. The van der Waals surface area contributed by atoms with Gasteiger partial charge in [-0.25, -0.2) is 0 Å². The van der Waals surface area contributed by atoms with Gasteiger partial charge < -0.3 is 25.8 Å². The van der Waals surface area contributed by atoms with Gasteiger partial charge in [0.1, 0.15) is 5.75 Å². The zero-order valence-electron chi connectivity index (χ0n) is 16.1. The summed E-state index contributed by atoms with van der Waals surface area (Å²) in [6.07, 6.45) is 0. The van der Waals surface area contributed by atoms with E-state index in [2.05, 4.69) is 10.6 Å². The van der Waals surface area contributed by atoms with Gasteiger partial charge in [-0.2, -0.15) is 0 Å². The van der Waals surface area contributed by atoms with Gasteiger partial charge in [-0.1, -0.05) is 26.0 Å². The van der Waals surface area contributed by atoms with Crippen molar-refractivity contribution < 1.29 is 19.1 Å². The molecule has 2 aromatic carbocycles. The number of carbonyl (C=O) groups excluding carboxylic acids is 2. The first kappa shape index (κ1) is 23.3. The fourth-order valence-electron chi connectivity index (χ4n) is 2.23. The molecule has 0 spiro atoms. The Kier molecular flexibility index (Phi) is 9.27. The second-order valence-electron chi connectivity index (χ2n) is 6.31. The SMILES string of the molecule is COc1ccccc1Oc1ccc(NC(=O)CNC(=O)[C@@H](N)C(C)C)cc1.Cl. The van der Waals surface area contributed by atoms with E-state index in [1.807, 2.05) is 32.0 Å². The minimum absolute atomic E-state index is 0. The minimum atomic E-state index is -0.635. The molecule has 0 heterocycles. The largest absolute Gasteiger partial charge is 0.493 e. The number of carbonyl (C=O) groups is 2. The summed E-state index contributed by atoms with van der Waals surface area (Å²) in [5.74, 6) is 1.15. The van der Waals surface area contributed by atoms with Crippen molar-refractivity contribution in [1.82, 2.24) is 5.32 Å². The normalized spacial score (nSPS) is 11.2. The first-order valence-corrected chi connectivity index (χ1v) is 8.64. The van der Waals surface area contributed by atoms with Gasteiger partial charge in [-0.05, 0) is 42.3 Å². The lowest BCUT2D eigenvalue weighted by Crippen LogP contribution is -2.46. The molecule has 0 bridgehead atoms. The third-order valence-electron chi connectivity index (χ3n) is 3.88. The molecule has 0 aromatic heterocycles. The lowest BCUT2D eigenvalue weighted by Gasteiger charge is -2.15. The lowest BCUT2D eigenvalue weighted by atomic mass is 10.1. The Balaban J connectivity index is 0.00000392. The van der Waals surface area contributed by atoms with Crippen molar-refractivity contribution in [3.05, 3.63) is 48.5 Å². The highest BCUT2D eigenvalue weighted by atomic mass is 35.5. The first-order chi connectivity index (χ1) is 12.9. The number of ether oxygens (including phenoxy) is 2. The Morgan fingerprint density at radius 1 is 1.04 bits per heavy atom. The number of benzene rings is 2. The van der Waals surface area contributed by atoms with Crippen LogP contribution in [0.25, 0.3) is 0 Å². The van der Waals surface area contributed by atoms with Gasteiger partial charge in [0.15, 0.2) is 11.5 Å². The maximum absolute atomic E-state index is 12.0. The summed E-state index contributed by atoms with van der Waals surface area (Å²) < 4.78 is 11.0. The Labute approximate surface area is 171 Å². The van der Waals surface area contributed by atoms with Crippen LogP contribution >= 0.6 is 12.4 Å². The number of nitrogens with one attached hydrogen (secondary N) is 2. The van der Waals surface area contributed by atoms with Crippen molar-refractivity contribution in [2.75, 3.05) is 19.0 Å². The number of methoxy groups -OCH3 is 1. The third-order valence-corrected chi connectivity index (χ3v) is 3.88. The van der Waals surface area contributed by atoms with Crippen LogP contribution in [0.4, 0.5) is 5.69 Å². The Bertz CT molecular complexity index is 781. The van der Waals surface area contributed by atoms with Gasteiger partial charge in [-0.15, -0.1) is 12.4 Å². The number of hydrogen-bond acceptors (Lipinski definition) is 5. The van der Waals surface area contributed by atoms with Crippen LogP contribution in [0.5, 0.6) is 17.2 Å². The molecule has 8 heteroatoms. The highest BCUT2D eigenvalue weighted by molar-refractivity contribution is 5.95. The second kappa shape index (κ2) is 11.2. The van der Waals surface area contributed by atoms with Crippen molar-refractivity contribution in [3.63, 3.8) is 0 Å². The number of amides is 2. The number of para-hydroxylation sites is 2. The van der Waals surface area contributed by atoms with Gasteiger partial charge in [0.25, 0.3) is 0 Å². The molecule has 2 aromatic rings. The summed E-state index contributed by atoms with van der Waals surface area (Å²) in [6, 6.07) is 13.6. The number of nitrogens with two attached hydrogens (primary N) is 1. The molecule has 1 atom stereocenters. The molecule has 2 amide bonds. The van der Waals surface area contributed by atoms with E-state index < -0.39 is 6.04 Å². The number of halogens is 1. The number of hydrogen-bond donors (Lipinski definition) is 3. The summed E-state index contributed by atoms with van der Waals surface area (Å²) in [7, 11) is 1.58. The van der Waals surface area contributed by atoms with Crippen molar-refractivity contribution in [2.24, 2.45) is 11.7 Å². The van der Waals surface area contributed by atoms with E-state index in [-0.39, 0.29) is 36.7 Å². The molecule has 7 nitrogen and oxygen atoms in total. The van der Waals surface area contributed by atoms with Gasteiger partial charge in [0, 0.05) is 5.69 Å². The molecule has 0 saturated heterocycles. The van der Waals surface area contributed by atoms with Crippen LogP contribution in [0.15, 0.2) is 48.5 Å². The first-order valence-electron chi connectivity index (χ1n) is 8.64. The molecule has 0 aliphatic rings. The second-order valence-corrected chi connectivity index (χ2v) is 6.31. The van der Waals surface area contributed by atoms with Crippen LogP contribution in [0.1, 0.15) is 13.8 Å². The maximum Gasteiger partial charge on any atom is 0.243 e. The molecule has 0 fully saturated rings. The highest BCUT2D eigenvalue weighted by Gasteiger charge is 2.17. The fourth-order valence-corrected chi connectivity index (χ4v) is 2.23. The number of rotatable bonds is 8. The fraction of sp³-hybridized carbons (Fsp3) is 0.300. The van der Waals surface area contributed by atoms with Crippen molar-refractivity contribution in [3.8, 4) is 17.2 Å². The van der Waals surface area contributed by atoms with E-state index in [0.717, 1.165) is 0 Å². The Morgan fingerprint density at radius 3 is 2.21 bits per heavy atom. The summed E-state index contributed by atoms with van der Waals surface area (Å²) in [4.78, 5) is 23.7. The summed E-state index contributed by atoms with van der Waals surface area (Å²) >= 11 is 0. The quantitative estimate of drug-likeness (QED) is 0.624. The molecule has 0 unspecified atom stereocenters. The van der Waals surface area contributed by atoms with Gasteiger partial charge in [0.2, 0.25) is 11.8 Å².